The molecule has 2 aliphatic heterocycles. The van der Waals surface area contributed by atoms with Gasteiger partial charge in [0.25, 0.3) is 5.91 Å². The van der Waals surface area contributed by atoms with Crippen LogP contribution in [0.4, 0.5) is 0 Å². The summed E-state index contributed by atoms with van der Waals surface area (Å²) >= 11 is 0. The summed E-state index contributed by atoms with van der Waals surface area (Å²) in [5.41, 5.74) is 2.97. The zero-order valence-corrected chi connectivity index (χ0v) is 16.9. The number of fused-ring (bicyclic) bond motifs is 4. The van der Waals surface area contributed by atoms with Crippen LogP contribution < -0.4 is 5.43 Å². The molecular formula is C24H23N3O3. The molecule has 152 valence electrons. The minimum absolute atomic E-state index is 0.00981. The van der Waals surface area contributed by atoms with E-state index in [4.69, 9.17) is 0 Å². The van der Waals surface area contributed by atoms with E-state index in [9.17, 15) is 14.4 Å². The number of carbonyl (C=O) groups excluding carboxylic acids is 2. The molecule has 1 atom stereocenters. The molecule has 2 amide bonds. The van der Waals surface area contributed by atoms with Crippen molar-refractivity contribution in [3.63, 3.8) is 0 Å². The van der Waals surface area contributed by atoms with Crippen molar-refractivity contribution >= 4 is 22.7 Å². The van der Waals surface area contributed by atoms with Crippen molar-refractivity contribution in [3.8, 4) is 0 Å². The van der Waals surface area contributed by atoms with E-state index in [1.54, 1.807) is 18.3 Å². The fourth-order valence-electron chi connectivity index (χ4n) is 4.76. The number of pyridine rings is 1. The summed E-state index contributed by atoms with van der Waals surface area (Å²) in [5, 5.41) is 0.526. The average Bonchev–Trinajstić information content (AvgIpc) is 2.79. The Bertz CT molecular complexity index is 1230. The Balaban J connectivity index is 1.54. The number of rotatable bonds is 2. The zero-order chi connectivity index (χ0) is 20.8. The van der Waals surface area contributed by atoms with Crippen LogP contribution in [0.3, 0.4) is 0 Å². The van der Waals surface area contributed by atoms with Gasteiger partial charge in [0.05, 0.1) is 11.6 Å². The second-order valence-corrected chi connectivity index (χ2v) is 7.91. The third-order valence-electron chi connectivity index (χ3n) is 6.30. The largest absolute Gasteiger partial charge is 0.347 e. The minimum atomic E-state index is -0.371. The van der Waals surface area contributed by atoms with E-state index >= 15 is 0 Å². The van der Waals surface area contributed by atoms with Gasteiger partial charge in [0.15, 0.2) is 0 Å². The van der Waals surface area contributed by atoms with Gasteiger partial charge < -0.3 is 14.4 Å². The van der Waals surface area contributed by atoms with E-state index in [0.29, 0.717) is 25.0 Å². The number of aromatic nitrogens is 1. The van der Waals surface area contributed by atoms with Crippen molar-refractivity contribution < 1.29 is 9.59 Å². The number of hydrogen-bond donors (Lipinski definition) is 0. The standard InChI is InChI=1S/C24H23N3O3/c1-2-25-13-19(23(29)18-9-5-6-10-20(18)25)24(30)26-14-21-17-8-4-3-7-16(17)11-12-27(21)22(28)15-26/h3-10,13,21H,2,11-12,14-15H2,1H3. The molecule has 0 N–H and O–H groups in total. The predicted octanol–water partition coefficient (Wildman–Crippen LogP) is 2.60. The van der Waals surface area contributed by atoms with Crippen molar-refractivity contribution in [2.45, 2.75) is 25.9 Å². The highest BCUT2D eigenvalue weighted by Gasteiger charge is 2.39. The van der Waals surface area contributed by atoms with Crippen LogP contribution in [-0.2, 0) is 17.8 Å². The van der Waals surface area contributed by atoms with E-state index in [1.807, 2.05) is 46.7 Å². The maximum Gasteiger partial charge on any atom is 0.259 e. The van der Waals surface area contributed by atoms with Crippen molar-refractivity contribution in [2.24, 2.45) is 0 Å². The van der Waals surface area contributed by atoms with Crippen LogP contribution in [0.25, 0.3) is 10.9 Å². The van der Waals surface area contributed by atoms with Gasteiger partial charge in [-0.25, -0.2) is 0 Å². The van der Waals surface area contributed by atoms with E-state index in [2.05, 4.69) is 6.07 Å². The SMILES string of the molecule is CCn1cc(C(=O)N2CC(=O)N3CCc4ccccc4C3C2)c(=O)c2ccccc21. The number of benzene rings is 2. The molecule has 2 aliphatic rings. The summed E-state index contributed by atoms with van der Waals surface area (Å²) < 4.78 is 1.91. The highest BCUT2D eigenvalue weighted by atomic mass is 16.2. The molecule has 0 radical (unpaired) electrons. The molecule has 3 heterocycles. The summed E-state index contributed by atoms with van der Waals surface area (Å²) in [6.45, 7) is 3.70. The number of piperazine rings is 1. The molecule has 0 aliphatic carbocycles. The third kappa shape index (κ3) is 2.83. The van der Waals surface area contributed by atoms with Crippen molar-refractivity contribution in [1.29, 1.82) is 0 Å². The first-order valence-corrected chi connectivity index (χ1v) is 10.4. The summed E-state index contributed by atoms with van der Waals surface area (Å²) in [6, 6.07) is 15.3. The van der Waals surface area contributed by atoms with Crippen molar-refractivity contribution in [1.82, 2.24) is 14.4 Å². The van der Waals surface area contributed by atoms with Crippen molar-refractivity contribution in [3.05, 3.63) is 81.6 Å². The van der Waals surface area contributed by atoms with Crippen LogP contribution in [0.2, 0.25) is 0 Å². The van der Waals surface area contributed by atoms with Crippen molar-refractivity contribution in [2.75, 3.05) is 19.6 Å². The van der Waals surface area contributed by atoms with E-state index < -0.39 is 0 Å². The molecule has 1 saturated heterocycles. The number of hydrogen-bond acceptors (Lipinski definition) is 3. The summed E-state index contributed by atoms with van der Waals surface area (Å²) in [5.74, 6) is -0.435. The second-order valence-electron chi connectivity index (χ2n) is 7.91. The third-order valence-corrected chi connectivity index (χ3v) is 6.30. The molecular weight excluding hydrogens is 378 g/mol. The molecule has 1 aromatic heterocycles. The van der Waals surface area contributed by atoms with Crippen LogP contribution >= 0.6 is 0 Å². The normalized spacial score (nSPS) is 18.3. The number of nitrogens with zero attached hydrogens (tertiary/aromatic N) is 3. The molecule has 0 saturated carbocycles. The summed E-state index contributed by atoms with van der Waals surface area (Å²) in [4.78, 5) is 42.8. The van der Waals surface area contributed by atoms with Gasteiger partial charge in [-0.3, -0.25) is 14.4 Å². The fraction of sp³-hybridized carbons (Fsp3) is 0.292. The fourth-order valence-corrected chi connectivity index (χ4v) is 4.76. The Labute approximate surface area is 174 Å². The van der Waals surface area contributed by atoms with Gasteiger partial charge in [-0.05, 0) is 36.6 Å². The number of amides is 2. The van der Waals surface area contributed by atoms with Gasteiger partial charge in [0, 0.05) is 31.2 Å². The van der Waals surface area contributed by atoms with E-state index in [1.165, 1.54) is 10.5 Å². The number of carbonyl (C=O) groups is 2. The summed E-state index contributed by atoms with van der Waals surface area (Å²) in [7, 11) is 0. The Kier molecular flexibility index (Phi) is 4.42. The molecule has 2 aromatic carbocycles. The molecule has 5 rings (SSSR count). The Morgan fingerprint density at radius 1 is 1.07 bits per heavy atom. The van der Waals surface area contributed by atoms with Crippen LogP contribution in [0.5, 0.6) is 0 Å². The smallest absolute Gasteiger partial charge is 0.259 e. The molecule has 1 unspecified atom stereocenters. The first kappa shape index (κ1) is 18.6. The van der Waals surface area contributed by atoms with Crippen LogP contribution in [0.1, 0.15) is 34.5 Å². The maximum atomic E-state index is 13.4. The highest BCUT2D eigenvalue weighted by Crippen LogP contribution is 2.33. The minimum Gasteiger partial charge on any atom is -0.347 e. The van der Waals surface area contributed by atoms with Crippen LogP contribution in [0, 0.1) is 0 Å². The highest BCUT2D eigenvalue weighted by molar-refractivity contribution is 5.99. The lowest BCUT2D eigenvalue weighted by atomic mass is 9.90. The Morgan fingerprint density at radius 2 is 1.83 bits per heavy atom. The average molecular weight is 401 g/mol. The molecule has 6 heteroatoms. The molecule has 0 spiro atoms. The molecule has 1 fully saturated rings. The Morgan fingerprint density at radius 3 is 2.67 bits per heavy atom. The van der Waals surface area contributed by atoms with Gasteiger partial charge in [-0.1, -0.05) is 36.4 Å². The van der Waals surface area contributed by atoms with Gasteiger partial charge in [-0.2, -0.15) is 0 Å². The van der Waals surface area contributed by atoms with E-state index in [-0.39, 0.29) is 35.4 Å². The molecule has 30 heavy (non-hydrogen) atoms. The Hall–Kier alpha value is -3.41. The first-order chi connectivity index (χ1) is 14.6. The predicted molar refractivity (Wildman–Crippen MR) is 114 cm³/mol. The van der Waals surface area contributed by atoms with Crippen LogP contribution in [-0.4, -0.2) is 45.8 Å². The summed E-state index contributed by atoms with van der Waals surface area (Å²) in [6.07, 6.45) is 2.47. The number of para-hydroxylation sites is 1. The topological polar surface area (TPSA) is 62.6 Å². The van der Waals surface area contributed by atoms with Gasteiger partial charge in [-0.15, -0.1) is 0 Å². The van der Waals surface area contributed by atoms with Gasteiger partial charge in [0.2, 0.25) is 11.3 Å². The second kappa shape index (κ2) is 7.13. The lowest BCUT2D eigenvalue weighted by Gasteiger charge is -2.44. The van der Waals surface area contributed by atoms with E-state index in [0.717, 1.165) is 17.5 Å². The number of aryl methyl sites for hydroxylation is 1. The monoisotopic (exact) mass is 401 g/mol. The quantitative estimate of drug-likeness (QED) is 0.663. The first-order valence-electron chi connectivity index (χ1n) is 10.4. The lowest BCUT2D eigenvalue weighted by molar-refractivity contribution is -0.139. The lowest BCUT2D eigenvalue weighted by Crippen LogP contribution is -2.56. The maximum absolute atomic E-state index is 13.4. The van der Waals surface area contributed by atoms with Gasteiger partial charge >= 0.3 is 0 Å². The zero-order valence-electron chi connectivity index (χ0n) is 16.9. The molecule has 0 bridgehead atoms. The van der Waals surface area contributed by atoms with Gasteiger partial charge in [0.1, 0.15) is 12.1 Å². The molecule has 3 aromatic rings. The molecule has 6 nitrogen and oxygen atoms in total. The van der Waals surface area contributed by atoms with Crippen LogP contribution in [0.15, 0.2) is 59.5 Å².